The lowest BCUT2D eigenvalue weighted by molar-refractivity contribution is 0.137. The molecule has 1 atom stereocenters. The minimum Gasteiger partial charge on any atom is -0.393 e. The smallest absolute Gasteiger partial charge is 0.0899 e. The lowest BCUT2D eigenvalue weighted by Gasteiger charge is -2.32. The highest BCUT2D eigenvalue weighted by molar-refractivity contribution is 4.83. The molecular weight excluding hydrogens is 116 g/mol. The first-order chi connectivity index (χ1) is 4.27. The van der Waals surface area contributed by atoms with Crippen molar-refractivity contribution in [1.29, 1.82) is 0 Å². The number of hydrogen-bond acceptors (Lipinski definition) is 3. The fraction of sp³-hybridized carbons (Fsp3) is 1.00. The van der Waals surface area contributed by atoms with Gasteiger partial charge in [0.15, 0.2) is 0 Å². The second kappa shape index (κ2) is 2.64. The van der Waals surface area contributed by atoms with Gasteiger partial charge in [-0.15, -0.1) is 0 Å². The Morgan fingerprint density at radius 2 is 2.33 bits per heavy atom. The van der Waals surface area contributed by atoms with Gasteiger partial charge in [-0.1, -0.05) is 0 Å². The summed E-state index contributed by atoms with van der Waals surface area (Å²) in [7, 11) is 0. The third-order valence-electron chi connectivity index (χ3n) is 1.81. The highest BCUT2D eigenvalue weighted by atomic mass is 16.3. The van der Waals surface area contributed by atoms with Crippen molar-refractivity contribution in [3.05, 3.63) is 0 Å². The van der Waals surface area contributed by atoms with Crippen molar-refractivity contribution in [2.24, 2.45) is 5.73 Å². The fourth-order valence-electron chi connectivity index (χ4n) is 1.13. The van der Waals surface area contributed by atoms with E-state index in [4.69, 9.17) is 10.8 Å². The summed E-state index contributed by atoms with van der Waals surface area (Å²) in [5.74, 6) is 0. The summed E-state index contributed by atoms with van der Waals surface area (Å²) in [4.78, 5) is 0. The average Bonchev–Trinajstić information content (AvgIpc) is 1.90. The zero-order chi connectivity index (χ0) is 6.74. The van der Waals surface area contributed by atoms with Crippen LogP contribution in [0.25, 0.3) is 0 Å². The summed E-state index contributed by atoms with van der Waals surface area (Å²) in [6.45, 7) is 0.990. The van der Waals surface area contributed by atoms with E-state index in [1.54, 1.807) is 0 Å². The van der Waals surface area contributed by atoms with E-state index in [0.29, 0.717) is 0 Å². The molecule has 3 nitrogen and oxygen atoms in total. The van der Waals surface area contributed by atoms with Gasteiger partial charge in [0.05, 0.1) is 12.3 Å². The summed E-state index contributed by atoms with van der Waals surface area (Å²) in [6.07, 6.45) is 3.20. The highest BCUT2D eigenvalue weighted by Gasteiger charge is 2.24. The number of piperidine rings is 1. The van der Waals surface area contributed by atoms with E-state index in [1.807, 2.05) is 0 Å². The first-order valence-corrected chi connectivity index (χ1v) is 3.42. The SMILES string of the molecule is N[C@]1(CO)CCCCN1. The van der Waals surface area contributed by atoms with Crippen LogP contribution in [-0.2, 0) is 0 Å². The second-order valence-corrected chi connectivity index (χ2v) is 2.70. The van der Waals surface area contributed by atoms with Gasteiger partial charge in [0, 0.05) is 0 Å². The Morgan fingerprint density at radius 1 is 1.56 bits per heavy atom. The number of nitrogens with two attached hydrogens (primary N) is 1. The standard InChI is InChI=1S/C6H14N2O/c7-6(5-9)3-1-2-4-8-6/h8-9H,1-5,7H2/t6-/m1/s1. The van der Waals surface area contributed by atoms with Crippen molar-refractivity contribution in [2.45, 2.75) is 24.9 Å². The highest BCUT2D eigenvalue weighted by Crippen LogP contribution is 2.12. The maximum atomic E-state index is 8.76. The van der Waals surface area contributed by atoms with E-state index in [0.717, 1.165) is 19.4 Å². The number of aliphatic hydroxyl groups excluding tert-OH is 1. The monoisotopic (exact) mass is 130 g/mol. The predicted octanol–water partition coefficient (Wildman–Crippen LogP) is -0.593. The van der Waals surface area contributed by atoms with Gasteiger partial charge >= 0.3 is 0 Å². The van der Waals surface area contributed by atoms with Crippen molar-refractivity contribution in [2.75, 3.05) is 13.2 Å². The normalized spacial score (nSPS) is 36.7. The molecule has 3 heteroatoms. The average molecular weight is 130 g/mol. The molecule has 0 aromatic rings. The van der Waals surface area contributed by atoms with E-state index in [-0.39, 0.29) is 6.61 Å². The van der Waals surface area contributed by atoms with Crippen LogP contribution < -0.4 is 11.1 Å². The van der Waals surface area contributed by atoms with Crippen LogP contribution in [-0.4, -0.2) is 23.9 Å². The van der Waals surface area contributed by atoms with Gasteiger partial charge in [-0.2, -0.15) is 0 Å². The molecule has 1 aliphatic rings. The lowest BCUT2D eigenvalue weighted by Crippen LogP contribution is -2.58. The van der Waals surface area contributed by atoms with Gasteiger partial charge in [0.25, 0.3) is 0 Å². The number of nitrogens with one attached hydrogen (secondary N) is 1. The summed E-state index contributed by atoms with van der Waals surface area (Å²) in [5, 5.41) is 11.8. The molecule has 1 fully saturated rings. The van der Waals surface area contributed by atoms with Crippen LogP contribution in [0.1, 0.15) is 19.3 Å². The molecule has 0 bridgehead atoms. The molecule has 0 unspecified atom stereocenters. The number of hydrogen-bond donors (Lipinski definition) is 3. The Kier molecular flexibility index (Phi) is 2.05. The molecule has 0 radical (unpaired) electrons. The molecule has 0 aromatic carbocycles. The van der Waals surface area contributed by atoms with Crippen molar-refractivity contribution in [1.82, 2.24) is 5.32 Å². The Balaban J connectivity index is 2.37. The zero-order valence-corrected chi connectivity index (χ0v) is 5.56. The van der Waals surface area contributed by atoms with Crippen molar-refractivity contribution in [3.63, 3.8) is 0 Å². The van der Waals surface area contributed by atoms with E-state index < -0.39 is 5.66 Å². The molecule has 0 aliphatic carbocycles. The summed E-state index contributed by atoms with van der Waals surface area (Å²) in [6, 6.07) is 0. The molecule has 4 N–H and O–H groups in total. The van der Waals surface area contributed by atoms with Gasteiger partial charge in [-0.05, 0) is 25.8 Å². The van der Waals surface area contributed by atoms with Crippen LogP contribution in [0, 0.1) is 0 Å². The Hall–Kier alpha value is -0.120. The number of rotatable bonds is 1. The van der Waals surface area contributed by atoms with Crippen LogP contribution in [0.3, 0.4) is 0 Å². The Bertz CT molecular complexity index is 89.1. The second-order valence-electron chi connectivity index (χ2n) is 2.70. The van der Waals surface area contributed by atoms with E-state index in [1.165, 1.54) is 6.42 Å². The van der Waals surface area contributed by atoms with Gasteiger partial charge in [-0.3, -0.25) is 5.32 Å². The molecule has 0 amide bonds. The van der Waals surface area contributed by atoms with Crippen molar-refractivity contribution < 1.29 is 5.11 Å². The maximum Gasteiger partial charge on any atom is 0.0899 e. The topological polar surface area (TPSA) is 58.3 Å². The first kappa shape index (κ1) is 6.99. The van der Waals surface area contributed by atoms with Crippen molar-refractivity contribution in [3.8, 4) is 0 Å². The molecule has 9 heavy (non-hydrogen) atoms. The third-order valence-corrected chi connectivity index (χ3v) is 1.81. The van der Waals surface area contributed by atoms with Crippen LogP contribution in [0.2, 0.25) is 0 Å². The van der Waals surface area contributed by atoms with Crippen LogP contribution in [0.5, 0.6) is 0 Å². The predicted molar refractivity (Wildman–Crippen MR) is 35.9 cm³/mol. The Morgan fingerprint density at radius 3 is 2.67 bits per heavy atom. The minimum atomic E-state index is -0.474. The van der Waals surface area contributed by atoms with Crippen LogP contribution in [0.4, 0.5) is 0 Å². The number of aliphatic hydroxyl groups is 1. The van der Waals surface area contributed by atoms with Crippen LogP contribution >= 0.6 is 0 Å². The molecule has 0 spiro atoms. The molecule has 1 heterocycles. The quantitative estimate of drug-likeness (QED) is 0.444. The van der Waals surface area contributed by atoms with E-state index in [9.17, 15) is 0 Å². The third kappa shape index (κ3) is 1.64. The Labute approximate surface area is 55.2 Å². The molecular formula is C6H14N2O. The molecule has 0 aromatic heterocycles. The first-order valence-electron chi connectivity index (χ1n) is 3.42. The van der Waals surface area contributed by atoms with Crippen molar-refractivity contribution >= 4 is 0 Å². The summed E-state index contributed by atoms with van der Waals surface area (Å²) < 4.78 is 0. The fourth-order valence-corrected chi connectivity index (χ4v) is 1.13. The minimum absolute atomic E-state index is 0.0486. The van der Waals surface area contributed by atoms with Gasteiger partial charge in [0.2, 0.25) is 0 Å². The molecule has 1 saturated heterocycles. The van der Waals surface area contributed by atoms with E-state index in [2.05, 4.69) is 5.32 Å². The summed E-state index contributed by atoms with van der Waals surface area (Å²) >= 11 is 0. The zero-order valence-electron chi connectivity index (χ0n) is 5.56. The molecule has 1 rings (SSSR count). The van der Waals surface area contributed by atoms with Gasteiger partial charge in [0.1, 0.15) is 0 Å². The molecule has 0 saturated carbocycles. The van der Waals surface area contributed by atoms with Crippen LogP contribution in [0.15, 0.2) is 0 Å². The van der Waals surface area contributed by atoms with Gasteiger partial charge in [-0.25, -0.2) is 0 Å². The maximum absolute atomic E-state index is 8.76. The largest absolute Gasteiger partial charge is 0.393 e. The summed E-state index contributed by atoms with van der Waals surface area (Å²) in [5.41, 5.74) is 5.22. The molecule has 1 aliphatic heterocycles. The van der Waals surface area contributed by atoms with Gasteiger partial charge < -0.3 is 10.8 Å². The lowest BCUT2D eigenvalue weighted by atomic mass is 10.00. The van der Waals surface area contributed by atoms with E-state index >= 15 is 0 Å². The molecule has 54 valence electrons.